The van der Waals surface area contributed by atoms with Crippen LogP contribution in [-0.2, 0) is 15.1 Å². The van der Waals surface area contributed by atoms with Crippen molar-refractivity contribution >= 4 is 11.6 Å². The minimum Gasteiger partial charge on any atom is -0.372 e. The normalized spacial score (nSPS) is 20.8. The fourth-order valence-corrected chi connectivity index (χ4v) is 4.47. The third kappa shape index (κ3) is 2.92. The van der Waals surface area contributed by atoms with Gasteiger partial charge in [0.1, 0.15) is 12.1 Å². The number of likely N-dealkylation sites (tertiary alicyclic amines) is 1. The highest BCUT2D eigenvalue weighted by atomic mass is 16.5. The zero-order valence-corrected chi connectivity index (χ0v) is 16.2. The first-order valence-corrected chi connectivity index (χ1v) is 9.97. The molecule has 27 heavy (non-hydrogen) atoms. The van der Waals surface area contributed by atoms with Crippen LogP contribution in [0.3, 0.4) is 0 Å². The molecule has 2 aromatic rings. The van der Waals surface area contributed by atoms with Crippen molar-refractivity contribution in [3.05, 3.63) is 42.4 Å². The minimum atomic E-state index is -0.198. The van der Waals surface area contributed by atoms with E-state index in [1.165, 1.54) is 5.69 Å². The predicted octanol–water partition coefficient (Wildman–Crippen LogP) is 2.96. The van der Waals surface area contributed by atoms with Crippen LogP contribution in [0.5, 0.6) is 0 Å². The van der Waals surface area contributed by atoms with Crippen LogP contribution in [0.15, 0.2) is 36.7 Å². The summed E-state index contributed by atoms with van der Waals surface area (Å²) in [5, 5.41) is 0. The van der Waals surface area contributed by atoms with Gasteiger partial charge in [-0.2, -0.15) is 0 Å². The van der Waals surface area contributed by atoms with E-state index in [9.17, 15) is 4.79 Å². The Labute approximate surface area is 160 Å². The van der Waals surface area contributed by atoms with Crippen molar-refractivity contribution < 1.29 is 9.53 Å². The molecule has 144 valence electrons. The van der Waals surface area contributed by atoms with Gasteiger partial charge in [0, 0.05) is 38.6 Å². The SMILES string of the molecule is CCCCN1c2cccnc2-n2cccc2[C@@]12CCN(C(=O)COCC)C2. The van der Waals surface area contributed by atoms with Crippen LogP contribution < -0.4 is 4.90 Å². The molecular weight excluding hydrogens is 340 g/mol. The van der Waals surface area contributed by atoms with Crippen molar-refractivity contribution in [1.29, 1.82) is 0 Å². The maximum atomic E-state index is 12.6. The van der Waals surface area contributed by atoms with Crippen LogP contribution in [0.25, 0.3) is 5.82 Å². The van der Waals surface area contributed by atoms with Crippen molar-refractivity contribution in [3.8, 4) is 5.82 Å². The van der Waals surface area contributed by atoms with E-state index < -0.39 is 0 Å². The lowest BCUT2D eigenvalue weighted by molar-refractivity contribution is -0.135. The van der Waals surface area contributed by atoms with Gasteiger partial charge in [-0.25, -0.2) is 4.98 Å². The molecule has 1 fully saturated rings. The Kier molecular flexibility index (Phi) is 4.91. The van der Waals surface area contributed by atoms with Gasteiger partial charge in [-0.15, -0.1) is 0 Å². The zero-order valence-electron chi connectivity index (χ0n) is 16.2. The number of hydrogen-bond donors (Lipinski definition) is 0. The van der Waals surface area contributed by atoms with Crippen molar-refractivity contribution in [2.75, 3.05) is 37.7 Å². The van der Waals surface area contributed by atoms with Crippen LogP contribution in [0.2, 0.25) is 0 Å². The number of nitrogens with zero attached hydrogens (tertiary/aromatic N) is 4. The molecule has 6 nitrogen and oxygen atoms in total. The van der Waals surface area contributed by atoms with E-state index in [0.717, 1.165) is 43.9 Å². The Bertz CT molecular complexity index is 818. The first-order valence-electron chi connectivity index (χ1n) is 9.97. The summed E-state index contributed by atoms with van der Waals surface area (Å²) in [5.41, 5.74) is 2.20. The minimum absolute atomic E-state index is 0.0826. The molecule has 2 aliphatic heterocycles. The monoisotopic (exact) mass is 368 g/mol. The molecule has 0 saturated carbocycles. The van der Waals surface area contributed by atoms with Crippen molar-refractivity contribution in [2.24, 2.45) is 0 Å². The third-order valence-electron chi connectivity index (χ3n) is 5.79. The largest absolute Gasteiger partial charge is 0.372 e. The van der Waals surface area contributed by atoms with Crippen molar-refractivity contribution in [3.63, 3.8) is 0 Å². The second-order valence-corrected chi connectivity index (χ2v) is 7.35. The standard InChI is InChI=1S/C21H28N4O2/c1-3-5-13-25-17-8-6-11-22-20(17)24-12-7-9-18(24)21(25)10-14-23(16-21)19(26)15-27-4-2/h6-9,11-12H,3-5,10,13-16H2,1-2H3/t21-/m0/s1. The van der Waals surface area contributed by atoms with E-state index in [4.69, 9.17) is 4.74 Å². The first-order chi connectivity index (χ1) is 13.2. The van der Waals surface area contributed by atoms with Gasteiger partial charge in [0.05, 0.1) is 11.4 Å². The summed E-state index contributed by atoms with van der Waals surface area (Å²) in [7, 11) is 0. The van der Waals surface area contributed by atoms with Crippen LogP contribution in [0.1, 0.15) is 38.8 Å². The van der Waals surface area contributed by atoms with E-state index in [0.29, 0.717) is 13.2 Å². The average molecular weight is 368 g/mol. The number of pyridine rings is 1. The lowest BCUT2D eigenvalue weighted by atomic mass is 9.88. The average Bonchev–Trinajstić information content (AvgIpc) is 3.35. The second-order valence-electron chi connectivity index (χ2n) is 7.35. The molecule has 4 heterocycles. The Morgan fingerprint density at radius 1 is 1.30 bits per heavy atom. The number of anilines is 1. The Hall–Kier alpha value is -2.34. The highest BCUT2D eigenvalue weighted by Crippen LogP contribution is 2.47. The molecule has 1 spiro atoms. The summed E-state index contributed by atoms with van der Waals surface area (Å²) in [5.74, 6) is 1.07. The fourth-order valence-electron chi connectivity index (χ4n) is 4.47. The summed E-state index contributed by atoms with van der Waals surface area (Å²) < 4.78 is 7.57. The van der Waals surface area contributed by atoms with Crippen LogP contribution in [0, 0.1) is 0 Å². The van der Waals surface area contributed by atoms with E-state index in [1.54, 1.807) is 0 Å². The molecule has 2 aliphatic rings. The molecule has 0 bridgehead atoms. The predicted molar refractivity (Wildman–Crippen MR) is 105 cm³/mol. The lowest BCUT2D eigenvalue weighted by Gasteiger charge is -2.47. The van der Waals surface area contributed by atoms with Gasteiger partial charge in [0.2, 0.25) is 5.91 Å². The quantitative estimate of drug-likeness (QED) is 0.787. The molecule has 2 aromatic heterocycles. The topological polar surface area (TPSA) is 50.6 Å². The molecule has 1 atom stereocenters. The van der Waals surface area contributed by atoms with Crippen LogP contribution in [-0.4, -0.2) is 53.2 Å². The van der Waals surface area contributed by atoms with E-state index in [2.05, 4.69) is 45.8 Å². The van der Waals surface area contributed by atoms with Gasteiger partial charge >= 0.3 is 0 Å². The summed E-state index contributed by atoms with van der Waals surface area (Å²) in [6.07, 6.45) is 7.11. The van der Waals surface area contributed by atoms with E-state index >= 15 is 0 Å². The summed E-state index contributed by atoms with van der Waals surface area (Å²) in [6.45, 7) is 7.29. The summed E-state index contributed by atoms with van der Waals surface area (Å²) >= 11 is 0. The van der Waals surface area contributed by atoms with Gasteiger partial charge in [0.25, 0.3) is 0 Å². The first kappa shape index (κ1) is 18.0. The number of fused-ring (bicyclic) bond motifs is 4. The van der Waals surface area contributed by atoms with Crippen LogP contribution >= 0.6 is 0 Å². The maximum absolute atomic E-state index is 12.6. The molecular formula is C21H28N4O2. The fraction of sp³-hybridized carbons (Fsp3) is 0.524. The number of ether oxygens (including phenoxy) is 1. The molecule has 1 amide bonds. The molecule has 1 saturated heterocycles. The number of hydrogen-bond acceptors (Lipinski definition) is 4. The summed E-state index contributed by atoms with van der Waals surface area (Å²) in [4.78, 5) is 21.7. The number of unbranched alkanes of at least 4 members (excludes halogenated alkanes) is 1. The molecule has 0 N–H and O–H groups in total. The van der Waals surface area contributed by atoms with Crippen molar-refractivity contribution in [1.82, 2.24) is 14.5 Å². The Morgan fingerprint density at radius 2 is 2.19 bits per heavy atom. The van der Waals surface area contributed by atoms with E-state index in [1.807, 2.05) is 24.1 Å². The van der Waals surface area contributed by atoms with Gasteiger partial charge in [-0.05, 0) is 44.0 Å². The number of amides is 1. The highest BCUT2D eigenvalue weighted by Gasteiger charge is 2.50. The highest BCUT2D eigenvalue weighted by molar-refractivity contribution is 5.78. The van der Waals surface area contributed by atoms with Crippen molar-refractivity contribution in [2.45, 2.75) is 38.6 Å². The number of rotatable bonds is 6. The lowest BCUT2D eigenvalue weighted by Crippen LogP contribution is -2.53. The molecule has 0 aliphatic carbocycles. The maximum Gasteiger partial charge on any atom is 0.248 e. The molecule has 6 heteroatoms. The van der Waals surface area contributed by atoms with E-state index in [-0.39, 0.29) is 18.1 Å². The number of carbonyl (C=O) groups is 1. The number of aromatic nitrogens is 2. The molecule has 0 unspecified atom stereocenters. The summed E-state index contributed by atoms with van der Waals surface area (Å²) in [6, 6.07) is 8.44. The van der Waals surface area contributed by atoms with Gasteiger partial charge in [0.15, 0.2) is 5.82 Å². The van der Waals surface area contributed by atoms with Gasteiger partial charge < -0.3 is 19.1 Å². The van der Waals surface area contributed by atoms with Gasteiger partial charge in [-0.1, -0.05) is 13.3 Å². The smallest absolute Gasteiger partial charge is 0.248 e. The molecule has 0 aromatic carbocycles. The van der Waals surface area contributed by atoms with Crippen LogP contribution in [0.4, 0.5) is 5.69 Å². The number of carbonyl (C=O) groups excluding carboxylic acids is 1. The Morgan fingerprint density at radius 3 is 3.00 bits per heavy atom. The third-order valence-corrected chi connectivity index (χ3v) is 5.79. The molecule has 0 radical (unpaired) electrons. The zero-order chi connectivity index (χ0) is 18.9. The Balaban J connectivity index is 1.73. The van der Waals surface area contributed by atoms with Gasteiger partial charge in [-0.3, -0.25) is 4.79 Å². The second kappa shape index (κ2) is 7.35. The molecule has 4 rings (SSSR count).